The summed E-state index contributed by atoms with van der Waals surface area (Å²) >= 11 is 0. The summed E-state index contributed by atoms with van der Waals surface area (Å²) in [7, 11) is 0. The van der Waals surface area contributed by atoms with Crippen LogP contribution in [-0.4, -0.2) is 34.7 Å². The summed E-state index contributed by atoms with van der Waals surface area (Å²) in [5, 5.41) is 0. The van der Waals surface area contributed by atoms with Gasteiger partial charge in [-0.3, -0.25) is 9.59 Å². The number of aryl methyl sites for hydroxylation is 1. The van der Waals surface area contributed by atoms with Crippen LogP contribution >= 0.6 is 0 Å². The fourth-order valence-electron chi connectivity index (χ4n) is 3.19. The van der Waals surface area contributed by atoms with Gasteiger partial charge in [-0.05, 0) is 48.6 Å². The van der Waals surface area contributed by atoms with Crippen LogP contribution in [0.25, 0.3) is 0 Å². The summed E-state index contributed by atoms with van der Waals surface area (Å²) in [6.07, 6.45) is 1.16. The van der Waals surface area contributed by atoms with Gasteiger partial charge in [0.25, 0.3) is 0 Å². The van der Waals surface area contributed by atoms with E-state index in [1.54, 1.807) is 21.9 Å². The van der Waals surface area contributed by atoms with Crippen LogP contribution in [0, 0.1) is 18.2 Å². The average Bonchev–Trinajstić information content (AvgIpc) is 3.06. The highest BCUT2D eigenvalue weighted by Gasteiger charge is 2.25. The molecule has 0 spiro atoms. The minimum atomic E-state index is -0.319. The molecule has 1 aromatic carbocycles. The largest absolute Gasteiger partial charge is 0.464 e. The first-order chi connectivity index (χ1) is 14.1. The van der Waals surface area contributed by atoms with Crippen LogP contribution in [0.1, 0.15) is 57.6 Å². The standard InChI is InChI=1S/C24H33FN2O3/c1-6-13-26(22(28)14-24(3,4)5)17-23(29)27(16-21-12-7-18(2)30-21)15-19-8-10-20(25)11-9-19/h7-12H,6,13-17H2,1-5H3. The van der Waals surface area contributed by atoms with Gasteiger partial charge in [0, 0.05) is 19.5 Å². The maximum Gasteiger partial charge on any atom is 0.242 e. The quantitative estimate of drug-likeness (QED) is 0.582. The second-order valence-corrected chi connectivity index (χ2v) is 8.94. The van der Waals surface area contributed by atoms with Crippen molar-refractivity contribution in [1.29, 1.82) is 0 Å². The zero-order chi connectivity index (χ0) is 22.3. The molecule has 0 aliphatic rings. The lowest BCUT2D eigenvalue weighted by atomic mass is 9.91. The molecule has 0 saturated heterocycles. The Hall–Kier alpha value is -2.63. The first kappa shape index (κ1) is 23.6. The second kappa shape index (κ2) is 10.4. The van der Waals surface area contributed by atoms with Crippen molar-refractivity contribution in [2.45, 2.75) is 60.5 Å². The molecule has 30 heavy (non-hydrogen) atoms. The summed E-state index contributed by atoms with van der Waals surface area (Å²) in [4.78, 5) is 29.2. The lowest BCUT2D eigenvalue weighted by molar-refractivity contribution is -0.142. The highest BCUT2D eigenvalue weighted by Crippen LogP contribution is 2.20. The van der Waals surface area contributed by atoms with E-state index in [2.05, 4.69) is 0 Å². The molecule has 2 amide bonds. The van der Waals surface area contributed by atoms with Gasteiger partial charge in [-0.15, -0.1) is 0 Å². The highest BCUT2D eigenvalue weighted by molar-refractivity contribution is 5.85. The molecule has 0 aliphatic carbocycles. The predicted octanol–water partition coefficient (Wildman–Crippen LogP) is 4.93. The van der Waals surface area contributed by atoms with Crippen molar-refractivity contribution < 1.29 is 18.4 Å². The van der Waals surface area contributed by atoms with Gasteiger partial charge in [-0.25, -0.2) is 4.39 Å². The Kier molecular flexibility index (Phi) is 8.21. The Labute approximate surface area is 178 Å². The molecule has 1 aromatic heterocycles. The SMILES string of the molecule is CCCN(CC(=O)N(Cc1ccc(F)cc1)Cc1ccc(C)o1)C(=O)CC(C)(C)C. The number of carbonyl (C=O) groups excluding carboxylic acids is 2. The normalized spacial score (nSPS) is 11.4. The smallest absolute Gasteiger partial charge is 0.242 e. The van der Waals surface area contributed by atoms with Crippen LogP contribution in [0.4, 0.5) is 4.39 Å². The second-order valence-electron chi connectivity index (χ2n) is 8.94. The van der Waals surface area contributed by atoms with E-state index in [1.807, 2.05) is 46.8 Å². The molecule has 6 heteroatoms. The Morgan fingerprint density at radius 1 is 0.967 bits per heavy atom. The molecule has 2 aromatic rings. The topological polar surface area (TPSA) is 53.8 Å². The van der Waals surface area contributed by atoms with E-state index in [0.717, 1.165) is 17.7 Å². The summed E-state index contributed by atoms with van der Waals surface area (Å²) in [5.74, 6) is 0.940. The van der Waals surface area contributed by atoms with Crippen molar-refractivity contribution in [3.05, 3.63) is 59.3 Å². The molecule has 0 N–H and O–H groups in total. The monoisotopic (exact) mass is 416 g/mol. The lowest BCUT2D eigenvalue weighted by Gasteiger charge is -2.29. The van der Waals surface area contributed by atoms with E-state index in [0.29, 0.717) is 25.3 Å². The maximum absolute atomic E-state index is 13.3. The Bertz CT molecular complexity index is 837. The molecule has 0 bridgehead atoms. The number of benzene rings is 1. The third-order valence-corrected chi connectivity index (χ3v) is 4.64. The number of hydrogen-bond acceptors (Lipinski definition) is 3. The van der Waals surface area contributed by atoms with Crippen LogP contribution in [-0.2, 0) is 22.7 Å². The van der Waals surface area contributed by atoms with Crippen molar-refractivity contribution in [2.24, 2.45) is 5.41 Å². The minimum absolute atomic E-state index is 0.0175. The summed E-state index contributed by atoms with van der Waals surface area (Å²) in [6.45, 7) is 11.0. The summed E-state index contributed by atoms with van der Waals surface area (Å²) < 4.78 is 18.9. The molecule has 0 unspecified atom stereocenters. The molecule has 1 heterocycles. The van der Waals surface area contributed by atoms with E-state index in [9.17, 15) is 14.0 Å². The van der Waals surface area contributed by atoms with Gasteiger partial charge in [-0.1, -0.05) is 39.8 Å². The molecule has 2 rings (SSSR count). The van der Waals surface area contributed by atoms with Crippen LogP contribution in [0.2, 0.25) is 0 Å². The van der Waals surface area contributed by atoms with Crippen LogP contribution in [0.3, 0.4) is 0 Å². The molecule has 5 nitrogen and oxygen atoms in total. The van der Waals surface area contributed by atoms with Gasteiger partial charge in [-0.2, -0.15) is 0 Å². The molecular weight excluding hydrogens is 383 g/mol. The Balaban J connectivity index is 2.18. The van der Waals surface area contributed by atoms with Crippen molar-refractivity contribution in [2.75, 3.05) is 13.1 Å². The van der Waals surface area contributed by atoms with Gasteiger partial charge in [0.1, 0.15) is 17.3 Å². The van der Waals surface area contributed by atoms with E-state index >= 15 is 0 Å². The molecule has 0 saturated carbocycles. The number of furan rings is 1. The minimum Gasteiger partial charge on any atom is -0.464 e. The van der Waals surface area contributed by atoms with Gasteiger partial charge >= 0.3 is 0 Å². The fourth-order valence-corrected chi connectivity index (χ4v) is 3.19. The molecule has 164 valence electrons. The molecule has 0 fully saturated rings. The highest BCUT2D eigenvalue weighted by atomic mass is 19.1. The van der Waals surface area contributed by atoms with E-state index in [1.165, 1.54) is 12.1 Å². The number of carbonyl (C=O) groups is 2. The number of hydrogen-bond donors (Lipinski definition) is 0. The number of nitrogens with zero attached hydrogens (tertiary/aromatic N) is 2. The van der Waals surface area contributed by atoms with Gasteiger partial charge in [0.05, 0.1) is 13.1 Å². The third-order valence-electron chi connectivity index (χ3n) is 4.64. The number of amides is 2. The number of rotatable bonds is 9. The summed E-state index contributed by atoms with van der Waals surface area (Å²) in [5.41, 5.74) is 0.669. The number of halogens is 1. The van der Waals surface area contributed by atoms with Gasteiger partial charge in [0.2, 0.25) is 11.8 Å². The van der Waals surface area contributed by atoms with Crippen LogP contribution < -0.4 is 0 Å². The fraction of sp³-hybridized carbons (Fsp3) is 0.500. The van der Waals surface area contributed by atoms with Crippen LogP contribution in [0.15, 0.2) is 40.8 Å². The van der Waals surface area contributed by atoms with Gasteiger partial charge in [0.15, 0.2) is 0 Å². The van der Waals surface area contributed by atoms with Crippen LogP contribution in [0.5, 0.6) is 0 Å². The molecular formula is C24H33FN2O3. The summed E-state index contributed by atoms with van der Waals surface area (Å²) in [6, 6.07) is 9.78. The van der Waals surface area contributed by atoms with Crippen molar-refractivity contribution in [3.63, 3.8) is 0 Å². The van der Waals surface area contributed by atoms with Crippen molar-refractivity contribution in [1.82, 2.24) is 9.80 Å². The first-order valence-electron chi connectivity index (χ1n) is 10.4. The van der Waals surface area contributed by atoms with E-state index < -0.39 is 0 Å². The Morgan fingerprint density at radius 2 is 1.63 bits per heavy atom. The van der Waals surface area contributed by atoms with E-state index in [4.69, 9.17) is 4.42 Å². The third kappa shape index (κ3) is 7.65. The first-order valence-corrected chi connectivity index (χ1v) is 10.4. The van der Waals surface area contributed by atoms with Gasteiger partial charge < -0.3 is 14.2 Å². The zero-order valence-electron chi connectivity index (χ0n) is 18.7. The molecule has 0 radical (unpaired) electrons. The Morgan fingerprint density at radius 3 is 2.17 bits per heavy atom. The lowest BCUT2D eigenvalue weighted by Crippen LogP contribution is -2.43. The van der Waals surface area contributed by atoms with Crippen molar-refractivity contribution >= 4 is 11.8 Å². The predicted molar refractivity (Wildman–Crippen MR) is 115 cm³/mol. The maximum atomic E-state index is 13.3. The van der Waals surface area contributed by atoms with E-state index in [-0.39, 0.29) is 36.1 Å². The molecule has 0 atom stereocenters. The molecule has 0 aliphatic heterocycles. The average molecular weight is 417 g/mol. The zero-order valence-corrected chi connectivity index (χ0v) is 18.7. The van der Waals surface area contributed by atoms with Crippen molar-refractivity contribution in [3.8, 4) is 0 Å².